The first kappa shape index (κ1) is 19.1. The summed E-state index contributed by atoms with van der Waals surface area (Å²) >= 11 is 1.32. The molecule has 1 amide bonds. The molecule has 3 rings (SSSR count). The number of hydrogen-bond acceptors (Lipinski definition) is 5. The Bertz CT molecular complexity index is 889. The van der Waals surface area contributed by atoms with Crippen LogP contribution in [-0.4, -0.2) is 31.9 Å². The molecule has 0 aliphatic heterocycles. The molecule has 27 heavy (non-hydrogen) atoms. The third-order valence-corrected chi connectivity index (χ3v) is 5.24. The van der Waals surface area contributed by atoms with E-state index in [0.29, 0.717) is 5.16 Å². The number of hydrogen-bond donors (Lipinski definition) is 1. The SMILES string of the molecule is CCc1ccc([C@@H](C)NC(=O)CSc2nnnn2-c2ccc(C)cc2)cc1. The van der Waals surface area contributed by atoms with E-state index < -0.39 is 0 Å². The zero-order valence-electron chi connectivity index (χ0n) is 15.7. The Hall–Kier alpha value is -2.67. The molecule has 140 valence electrons. The quantitative estimate of drug-likeness (QED) is 0.634. The minimum atomic E-state index is -0.0504. The number of thioether (sulfide) groups is 1. The lowest BCUT2D eigenvalue weighted by Gasteiger charge is -2.14. The van der Waals surface area contributed by atoms with Crippen molar-refractivity contribution in [1.82, 2.24) is 25.5 Å². The number of carbonyl (C=O) groups is 1. The van der Waals surface area contributed by atoms with E-state index in [-0.39, 0.29) is 17.7 Å². The zero-order valence-corrected chi connectivity index (χ0v) is 16.5. The summed E-state index contributed by atoms with van der Waals surface area (Å²) in [5, 5.41) is 15.4. The second kappa shape index (κ2) is 8.81. The number of nitrogens with one attached hydrogen (secondary N) is 1. The average Bonchev–Trinajstić information content (AvgIpc) is 3.15. The summed E-state index contributed by atoms with van der Waals surface area (Å²) in [6.45, 7) is 6.14. The monoisotopic (exact) mass is 381 g/mol. The van der Waals surface area contributed by atoms with Crippen LogP contribution in [0.4, 0.5) is 0 Å². The van der Waals surface area contributed by atoms with Crippen LogP contribution in [0, 0.1) is 6.92 Å². The van der Waals surface area contributed by atoms with Crippen LogP contribution in [0.2, 0.25) is 0 Å². The van der Waals surface area contributed by atoms with E-state index >= 15 is 0 Å². The molecule has 0 fully saturated rings. The van der Waals surface area contributed by atoms with Gasteiger partial charge in [0, 0.05) is 0 Å². The molecule has 0 saturated carbocycles. The van der Waals surface area contributed by atoms with Crippen molar-refractivity contribution >= 4 is 17.7 Å². The molecule has 1 aromatic heterocycles. The largest absolute Gasteiger partial charge is 0.349 e. The highest BCUT2D eigenvalue weighted by Gasteiger charge is 2.14. The molecule has 2 aromatic carbocycles. The molecule has 0 spiro atoms. The van der Waals surface area contributed by atoms with Gasteiger partial charge < -0.3 is 5.32 Å². The third-order valence-electron chi connectivity index (χ3n) is 4.32. The summed E-state index contributed by atoms with van der Waals surface area (Å²) in [7, 11) is 0. The van der Waals surface area contributed by atoms with E-state index in [0.717, 1.165) is 17.7 Å². The van der Waals surface area contributed by atoms with E-state index in [1.165, 1.54) is 22.9 Å². The fraction of sp³-hybridized carbons (Fsp3) is 0.300. The second-order valence-corrected chi connectivity index (χ2v) is 7.32. The molecule has 7 heteroatoms. The predicted molar refractivity (Wildman–Crippen MR) is 107 cm³/mol. The van der Waals surface area contributed by atoms with Gasteiger partial charge in [-0.3, -0.25) is 4.79 Å². The van der Waals surface area contributed by atoms with Gasteiger partial charge in [0.15, 0.2) is 0 Å². The number of carbonyl (C=O) groups excluding carboxylic acids is 1. The van der Waals surface area contributed by atoms with Gasteiger partial charge in [-0.25, -0.2) is 0 Å². The third kappa shape index (κ3) is 4.95. The van der Waals surface area contributed by atoms with Crippen LogP contribution in [0.1, 0.15) is 36.6 Å². The molecule has 0 bridgehead atoms. The van der Waals surface area contributed by atoms with Crippen molar-refractivity contribution in [3.63, 3.8) is 0 Å². The van der Waals surface area contributed by atoms with E-state index in [4.69, 9.17) is 0 Å². The molecular formula is C20H23N5OS. The summed E-state index contributed by atoms with van der Waals surface area (Å²) in [5.41, 5.74) is 4.42. The Labute approximate surface area is 163 Å². The number of nitrogens with zero attached hydrogens (tertiary/aromatic N) is 4. The molecule has 1 N–H and O–H groups in total. The van der Waals surface area contributed by atoms with Crippen LogP contribution < -0.4 is 5.32 Å². The first-order valence-electron chi connectivity index (χ1n) is 8.93. The zero-order chi connectivity index (χ0) is 19.2. The lowest BCUT2D eigenvalue weighted by molar-refractivity contribution is -0.119. The molecular weight excluding hydrogens is 358 g/mol. The summed E-state index contributed by atoms with van der Waals surface area (Å²) in [6.07, 6.45) is 1.01. The average molecular weight is 382 g/mol. The van der Waals surface area contributed by atoms with Gasteiger partial charge in [0.25, 0.3) is 0 Å². The maximum Gasteiger partial charge on any atom is 0.230 e. The number of benzene rings is 2. The van der Waals surface area contributed by atoms with Crippen molar-refractivity contribution < 1.29 is 4.79 Å². The topological polar surface area (TPSA) is 72.7 Å². The van der Waals surface area contributed by atoms with Crippen LogP contribution in [0.5, 0.6) is 0 Å². The van der Waals surface area contributed by atoms with Gasteiger partial charge in [-0.15, -0.1) is 5.10 Å². The van der Waals surface area contributed by atoms with E-state index in [1.54, 1.807) is 4.68 Å². The fourth-order valence-corrected chi connectivity index (χ4v) is 3.36. The highest BCUT2D eigenvalue weighted by atomic mass is 32.2. The lowest BCUT2D eigenvalue weighted by atomic mass is 10.1. The Morgan fingerprint density at radius 3 is 2.52 bits per heavy atom. The van der Waals surface area contributed by atoms with Gasteiger partial charge in [0.05, 0.1) is 17.5 Å². The lowest BCUT2D eigenvalue weighted by Crippen LogP contribution is -2.28. The molecule has 0 saturated heterocycles. The molecule has 1 atom stereocenters. The summed E-state index contributed by atoms with van der Waals surface area (Å²) < 4.78 is 1.64. The first-order chi connectivity index (χ1) is 13.1. The highest BCUT2D eigenvalue weighted by Crippen LogP contribution is 2.19. The molecule has 0 radical (unpaired) electrons. The number of aryl methyl sites for hydroxylation is 2. The summed E-state index contributed by atoms with van der Waals surface area (Å²) in [6, 6.07) is 16.2. The van der Waals surface area contributed by atoms with Gasteiger partial charge in [-0.05, 0) is 54.0 Å². The molecule has 0 aliphatic rings. The van der Waals surface area contributed by atoms with Crippen LogP contribution in [0.25, 0.3) is 5.69 Å². The van der Waals surface area contributed by atoms with E-state index in [1.807, 2.05) is 38.1 Å². The van der Waals surface area contributed by atoms with Gasteiger partial charge >= 0.3 is 0 Å². The Balaban J connectivity index is 1.58. The summed E-state index contributed by atoms with van der Waals surface area (Å²) in [5.74, 6) is 0.203. The second-order valence-electron chi connectivity index (χ2n) is 6.38. The van der Waals surface area contributed by atoms with Crippen LogP contribution in [0.3, 0.4) is 0 Å². The predicted octanol–water partition coefficient (Wildman–Crippen LogP) is 3.50. The number of aromatic nitrogens is 4. The number of rotatable bonds is 7. The number of amides is 1. The van der Waals surface area contributed by atoms with E-state index in [9.17, 15) is 4.79 Å². The maximum atomic E-state index is 12.3. The van der Waals surface area contributed by atoms with Crippen molar-refractivity contribution in [1.29, 1.82) is 0 Å². The van der Waals surface area contributed by atoms with Crippen molar-refractivity contribution in [2.45, 2.75) is 38.4 Å². The number of tetrazole rings is 1. The molecule has 3 aromatic rings. The molecule has 0 unspecified atom stereocenters. The fourth-order valence-electron chi connectivity index (χ4n) is 2.66. The maximum absolute atomic E-state index is 12.3. The smallest absolute Gasteiger partial charge is 0.230 e. The standard InChI is InChI=1S/C20H23N5OS/c1-4-16-7-9-17(10-8-16)15(3)21-19(26)13-27-20-22-23-24-25(20)18-11-5-14(2)6-12-18/h5-12,15H,4,13H2,1-3H3,(H,21,26)/t15-/m1/s1. The van der Waals surface area contributed by atoms with Crippen LogP contribution in [-0.2, 0) is 11.2 Å². The highest BCUT2D eigenvalue weighted by molar-refractivity contribution is 7.99. The van der Waals surface area contributed by atoms with Crippen molar-refractivity contribution in [3.05, 3.63) is 65.2 Å². The van der Waals surface area contributed by atoms with Crippen molar-refractivity contribution in [3.8, 4) is 5.69 Å². The van der Waals surface area contributed by atoms with Crippen molar-refractivity contribution in [2.24, 2.45) is 0 Å². The molecule has 1 heterocycles. The Morgan fingerprint density at radius 2 is 1.85 bits per heavy atom. The minimum Gasteiger partial charge on any atom is -0.349 e. The van der Waals surface area contributed by atoms with Gasteiger partial charge in [-0.1, -0.05) is 60.6 Å². The van der Waals surface area contributed by atoms with E-state index in [2.05, 4.69) is 52.0 Å². The summed E-state index contributed by atoms with van der Waals surface area (Å²) in [4.78, 5) is 12.3. The first-order valence-corrected chi connectivity index (χ1v) is 9.91. The van der Waals surface area contributed by atoms with Gasteiger partial charge in [0.1, 0.15) is 0 Å². The van der Waals surface area contributed by atoms with Crippen molar-refractivity contribution in [2.75, 3.05) is 5.75 Å². The van der Waals surface area contributed by atoms with Gasteiger partial charge in [0.2, 0.25) is 11.1 Å². The Morgan fingerprint density at radius 1 is 1.15 bits per heavy atom. The van der Waals surface area contributed by atoms with Crippen LogP contribution in [0.15, 0.2) is 53.7 Å². The Kier molecular flexibility index (Phi) is 6.24. The normalized spacial score (nSPS) is 12.0. The molecule has 0 aliphatic carbocycles. The minimum absolute atomic E-state index is 0.0444. The molecule has 6 nitrogen and oxygen atoms in total. The van der Waals surface area contributed by atoms with Gasteiger partial charge in [-0.2, -0.15) is 4.68 Å². The van der Waals surface area contributed by atoms with Crippen LogP contribution >= 0.6 is 11.8 Å².